The maximum atomic E-state index is 13.3. The molecular formula is C10H6F2N2O. The van der Waals surface area contributed by atoms with Crippen LogP contribution in [-0.2, 0) is 0 Å². The lowest BCUT2D eigenvalue weighted by molar-refractivity contribution is 0.111. The van der Waals surface area contributed by atoms with Crippen LogP contribution in [0.1, 0.15) is 10.5 Å². The lowest BCUT2D eigenvalue weighted by Gasteiger charge is -1.99. The third-order valence-corrected chi connectivity index (χ3v) is 1.93. The number of H-pyrrole nitrogens is 1. The molecule has 0 fully saturated rings. The lowest BCUT2D eigenvalue weighted by Crippen LogP contribution is -1.90. The fourth-order valence-corrected chi connectivity index (χ4v) is 1.22. The number of hydrogen-bond acceptors (Lipinski definition) is 2. The van der Waals surface area contributed by atoms with Crippen molar-refractivity contribution in [2.24, 2.45) is 0 Å². The molecule has 0 atom stereocenters. The largest absolute Gasteiger partial charge is 0.336 e. The van der Waals surface area contributed by atoms with E-state index in [9.17, 15) is 13.6 Å². The van der Waals surface area contributed by atoms with Gasteiger partial charge >= 0.3 is 0 Å². The monoisotopic (exact) mass is 208 g/mol. The second kappa shape index (κ2) is 3.61. The van der Waals surface area contributed by atoms with E-state index in [1.165, 1.54) is 18.3 Å². The van der Waals surface area contributed by atoms with Gasteiger partial charge in [0.05, 0.1) is 17.5 Å². The van der Waals surface area contributed by atoms with Gasteiger partial charge in [-0.15, -0.1) is 0 Å². The molecule has 1 aromatic heterocycles. The summed E-state index contributed by atoms with van der Waals surface area (Å²) >= 11 is 0. The molecule has 1 aromatic carbocycles. The molecule has 5 heteroatoms. The van der Waals surface area contributed by atoms with Gasteiger partial charge in [0.15, 0.2) is 17.9 Å². The highest BCUT2D eigenvalue weighted by molar-refractivity contribution is 5.73. The zero-order valence-corrected chi connectivity index (χ0v) is 7.50. The normalized spacial score (nSPS) is 10.3. The number of benzene rings is 1. The van der Waals surface area contributed by atoms with Gasteiger partial charge in [0, 0.05) is 0 Å². The van der Waals surface area contributed by atoms with Crippen LogP contribution < -0.4 is 0 Å². The first-order valence-corrected chi connectivity index (χ1v) is 4.17. The van der Waals surface area contributed by atoms with Crippen LogP contribution in [0.2, 0.25) is 0 Å². The summed E-state index contributed by atoms with van der Waals surface area (Å²) in [6.45, 7) is 0. The van der Waals surface area contributed by atoms with Crippen LogP contribution in [0.5, 0.6) is 0 Å². The Morgan fingerprint density at radius 2 is 2.13 bits per heavy atom. The Labute approximate surface area is 83.8 Å². The van der Waals surface area contributed by atoms with Crippen molar-refractivity contribution in [3.05, 3.63) is 41.7 Å². The van der Waals surface area contributed by atoms with Crippen molar-refractivity contribution in [3.8, 4) is 11.4 Å². The molecule has 1 heterocycles. The second-order valence-electron chi connectivity index (χ2n) is 2.91. The van der Waals surface area contributed by atoms with Crippen molar-refractivity contribution in [2.45, 2.75) is 0 Å². The molecule has 0 bridgehead atoms. The summed E-state index contributed by atoms with van der Waals surface area (Å²) in [4.78, 5) is 16.7. The molecule has 0 spiro atoms. The standard InChI is InChI=1S/C10H6F2N2O/c11-8-3-1-2-7(9(8)12)10-13-4-6(5-15)14-10/h1-5H,(H,13,14). The summed E-state index contributed by atoms with van der Waals surface area (Å²) < 4.78 is 26.1. The Balaban J connectivity index is 2.53. The molecular weight excluding hydrogens is 202 g/mol. The molecule has 2 aromatic rings. The Morgan fingerprint density at radius 3 is 2.80 bits per heavy atom. The highest BCUT2D eigenvalue weighted by Crippen LogP contribution is 2.21. The summed E-state index contributed by atoms with van der Waals surface area (Å²) in [5.74, 6) is -1.80. The maximum Gasteiger partial charge on any atom is 0.169 e. The van der Waals surface area contributed by atoms with Crippen LogP contribution in [0.3, 0.4) is 0 Å². The average molecular weight is 208 g/mol. The van der Waals surface area contributed by atoms with Gasteiger partial charge in [-0.1, -0.05) is 6.07 Å². The van der Waals surface area contributed by atoms with Gasteiger partial charge in [-0.2, -0.15) is 0 Å². The fraction of sp³-hybridized carbons (Fsp3) is 0. The van der Waals surface area contributed by atoms with Gasteiger partial charge in [-0.3, -0.25) is 4.79 Å². The van der Waals surface area contributed by atoms with Crippen molar-refractivity contribution in [1.82, 2.24) is 9.97 Å². The summed E-state index contributed by atoms with van der Waals surface area (Å²) in [6, 6.07) is 3.77. The van der Waals surface area contributed by atoms with E-state index in [4.69, 9.17) is 0 Å². The molecule has 0 saturated heterocycles. The smallest absolute Gasteiger partial charge is 0.169 e. The first kappa shape index (κ1) is 9.51. The molecule has 0 unspecified atom stereocenters. The topological polar surface area (TPSA) is 45.8 Å². The fourth-order valence-electron chi connectivity index (χ4n) is 1.22. The van der Waals surface area contributed by atoms with Crippen molar-refractivity contribution >= 4 is 6.29 Å². The van der Waals surface area contributed by atoms with E-state index in [-0.39, 0.29) is 17.1 Å². The molecule has 0 amide bonds. The number of imidazole rings is 1. The predicted molar refractivity (Wildman–Crippen MR) is 49.3 cm³/mol. The Morgan fingerprint density at radius 1 is 1.33 bits per heavy atom. The molecule has 15 heavy (non-hydrogen) atoms. The van der Waals surface area contributed by atoms with E-state index in [1.807, 2.05) is 0 Å². The molecule has 2 rings (SSSR count). The van der Waals surface area contributed by atoms with E-state index in [1.54, 1.807) is 0 Å². The van der Waals surface area contributed by atoms with E-state index in [0.29, 0.717) is 6.29 Å². The predicted octanol–water partition coefficient (Wildman–Crippen LogP) is 2.17. The number of hydrogen-bond donors (Lipinski definition) is 1. The molecule has 0 aliphatic rings. The van der Waals surface area contributed by atoms with E-state index >= 15 is 0 Å². The number of aromatic nitrogens is 2. The first-order chi connectivity index (χ1) is 7.22. The highest BCUT2D eigenvalue weighted by Gasteiger charge is 2.12. The minimum absolute atomic E-state index is 0.00287. The number of halogens is 2. The third kappa shape index (κ3) is 1.63. The molecule has 76 valence electrons. The first-order valence-electron chi connectivity index (χ1n) is 4.17. The zero-order valence-electron chi connectivity index (χ0n) is 7.50. The van der Waals surface area contributed by atoms with Crippen molar-refractivity contribution in [1.29, 1.82) is 0 Å². The SMILES string of the molecule is O=Cc1cnc(-c2cccc(F)c2F)[nH]1. The number of aromatic amines is 1. The molecule has 1 N–H and O–H groups in total. The zero-order chi connectivity index (χ0) is 10.8. The second-order valence-corrected chi connectivity index (χ2v) is 2.91. The number of nitrogens with zero attached hydrogens (tertiary/aromatic N) is 1. The van der Waals surface area contributed by atoms with E-state index in [0.717, 1.165) is 6.07 Å². The van der Waals surface area contributed by atoms with Gasteiger partial charge in [0.2, 0.25) is 0 Å². The number of carbonyl (C=O) groups is 1. The Bertz CT molecular complexity index is 508. The minimum atomic E-state index is -0.982. The summed E-state index contributed by atoms with van der Waals surface area (Å²) in [7, 11) is 0. The van der Waals surface area contributed by atoms with E-state index in [2.05, 4.69) is 9.97 Å². The summed E-state index contributed by atoms with van der Waals surface area (Å²) in [5, 5.41) is 0. The lowest BCUT2D eigenvalue weighted by atomic mass is 10.2. The van der Waals surface area contributed by atoms with Crippen LogP contribution in [0, 0.1) is 11.6 Å². The number of rotatable bonds is 2. The Hall–Kier alpha value is -2.04. The number of carbonyl (C=O) groups excluding carboxylic acids is 1. The molecule has 0 radical (unpaired) electrons. The molecule has 0 aliphatic heterocycles. The average Bonchev–Trinajstić information content (AvgIpc) is 2.70. The Kier molecular flexibility index (Phi) is 2.29. The van der Waals surface area contributed by atoms with Crippen molar-refractivity contribution < 1.29 is 13.6 Å². The third-order valence-electron chi connectivity index (χ3n) is 1.93. The highest BCUT2D eigenvalue weighted by atomic mass is 19.2. The van der Waals surface area contributed by atoms with Crippen LogP contribution in [-0.4, -0.2) is 16.3 Å². The molecule has 3 nitrogen and oxygen atoms in total. The van der Waals surface area contributed by atoms with Crippen molar-refractivity contribution in [2.75, 3.05) is 0 Å². The van der Waals surface area contributed by atoms with Gasteiger partial charge in [0.25, 0.3) is 0 Å². The maximum absolute atomic E-state index is 13.3. The summed E-state index contributed by atoms with van der Waals surface area (Å²) in [5.41, 5.74) is 0.219. The molecule has 0 aliphatic carbocycles. The van der Waals surface area contributed by atoms with Gasteiger partial charge in [-0.05, 0) is 12.1 Å². The summed E-state index contributed by atoms with van der Waals surface area (Å²) in [6.07, 6.45) is 1.81. The van der Waals surface area contributed by atoms with E-state index < -0.39 is 11.6 Å². The number of nitrogens with one attached hydrogen (secondary N) is 1. The van der Waals surface area contributed by atoms with Gasteiger partial charge in [0.1, 0.15) is 5.82 Å². The van der Waals surface area contributed by atoms with Crippen LogP contribution in [0.4, 0.5) is 8.78 Å². The number of aldehydes is 1. The quantitative estimate of drug-likeness (QED) is 0.768. The van der Waals surface area contributed by atoms with Crippen LogP contribution >= 0.6 is 0 Å². The molecule has 0 saturated carbocycles. The van der Waals surface area contributed by atoms with Gasteiger partial charge < -0.3 is 4.98 Å². The van der Waals surface area contributed by atoms with Crippen LogP contribution in [0.25, 0.3) is 11.4 Å². The minimum Gasteiger partial charge on any atom is -0.336 e. The van der Waals surface area contributed by atoms with Crippen LogP contribution in [0.15, 0.2) is 24.4 Å². The van der Waals surface area contributed by atoms with Crippen molar-refractivity contribution in [3.63, 3.8) is 0 Å². The van der Waals surface area contributed by atoms with Gasteiger partial charge in [-0.25, -0.2) is 13.8 Å².